The molecule has 1 aliphatic heterocycles. The second-order valence-corrected chi connectivity index (χ2v) is 9.48. The number of pyridine rings is 1. The first-order chi connectivity index (χ1) is 18.9. The smallest absolute Gasteiger partial charge is 0.269 e. The van der Waals surface area contributed by atoms with Crippen LogP contribution in [-0.2, 0) is 11.3 Å². The molecule has 2 aromatic carbocycles. The van der Waals surface area contributed by atoms with Gasteiger partial charge in [-0.05, 0) is 43.4 Å². The fourth-order valence-electron chi connectivity index (χ4n) is 4.77. The number of aliphatic imine (C=N–C) groups is 1. The Morgan fingerprint density at radius 2 is 1.87 bits per heavy atom. The zero-order valence-corrected chi connectivity index (χ0v) is 21.0. The molecule has 2 N–H and O–H groups in total. The van der Waals surface area contributed by atoms with Crippen LogP contribution in [0.2, 0.25) is 0 Å². The van der Waals surface area contributed by atoms with Gasteiger partial charge in [0.15, 0.2) is 0 Å². The van der Waals surface area contributed by atoms with Gasteiger partial charge in [0, 0.05) is 23.9 Å². The Hall–Kier alpha value is -4.73. The van der Waals surface area contributed by atoms with E-state index >= 15 is 0 Å². The number of nitrogens with zero attached hydrogens (tertiary/aromatic N) is 4. The molecule has 8 nitrogen and oxygen atoms in total. The molecule has 3 heterocycles. The van der Waals surface area contributed by atoms with Crippen molar-refractivity contribution in [3.8, 4) is 11.3 Å². The molecule has 196 valence electrons. The van der Waals surface area contributed by atoms with Crippen molar-refractivity contribution < 1.29 is 18.4 Å². The second kappa shape index (κ2) is 9.86. The van der Waals surface area contributed by atoms with Crippen molar-refractivity contribution in [3.05, 3.63) is 101 Å². The Balaban J connectivity index is 1.39. The molecule has 0 saturated heterocycles. The van der Waals surface area contributed by atoms with Crippen molar-refractivity contribution >= 4 is 23.2 Å². The lowest BCUT2D eigenvalue weighted by Gasteiger charge is -2.15. The highest BCUT2D eigenvalue weighted by Crippen LogP contribution is 2.41. The lowest BCUT2D eigenvalue weighted by Crippen LogP contribution is -2.42. The first-order valence-corrected chi connectivity index (χ1v) is 12.7. The first kappa shape index (κ1) is 24.6. The molecular weight excluding hydrogens is 502 g/mol. The summed E-state index contributed by atoms with van der Waals surface area (Å²) in [5, 5.41) is 9.48. The van der Waals surface area contributed by atoms with Crippen molar-refractivity contribution in [2.45, 2.75) is 38.4 Å². The molecule has 0 unspecified atom stereocenters. The van der Waals surface area contributed by atoms with E-state index in [1.165, 1.54) is 29.2 Å². The Morgan fingerprint density at radius 1 is 1.08 bits per heavy atom. The number of carbonyl (C=O) groups is 2. The van der Waals surface area contributed by atoms with Crippen molar-refractivity contribution in [2.24, 2.45) is 4.99 Å². The molecule has 1 atom stereocenters. The molecule has 2 aliphatic rings. The van der Waals surface area contributed by atoms with Gasteiger partial charge in [0.25, 0.3) is 11.8 Å². The first-order valence-electron chi connectivity index (χ1n) is 12.7. The highest BCUT2D eigenvalue weighted by molar-refractivity contribution is 6.20. The van der Waals surface area contributed by atoms with Crippen LogP contribution in [0.25, 0.3) is 11.3 Å². The van der Waals surface area contributed by atoms with Gasteiger partial charge in [0.1, 0.15) is 5.82 Å². The van der Waals surface area contributed by atoms with Crippen molar-refractivity contribution in [1.29, 1.82) is 0 Å². The second-order valence-electron chi connectivity index (χ2n) is 9.48. The molecule has 2 amide bonds. The van der Waals surface area contributed by atoms with Crippen LogP contribution in [0.5, 0.6) is 0 Å². The van der Waals surface area contributed by atoms with E-state index in [0.717, 1.165) is 18.4 Å². The number of benzene rings is 2. The summed E-state index contributed by atoms with van der Waals surface area (Å²) in [7, 11) is 0. The van der Waals surface area contributed by atoms with Crippen molar-refractivity contribution in [1.82, 2.24) is 20.1 Å². The zero-order chi connectivity index (χ0) is 27.1. The number of aryl methyl sites for hydroxylation is 1. The number of benzodiazepines with no additional fused rings is 1. The quantitative estimate of drug-likeness (QED) is 0.357. The summed E-state index contributed by atoms with van der Waals surface area (Å²) in [6.45, 7) is 2.21. The molecule has 1 fully saturated rings. The van der Waals surface area contributed by atoms with E-state index < -0.39 is 29.7 Å². The van der Waals surface area contributed by atoms with Crippen molar-refractivity contribution in [3.63, 3.8) is 0 Å². The number of fused-ring (bicyclic) bond motifs is 1. The predicted molar refractivity (Wildman–Crippen MR) is 141 cm³/mol. The number of hydrogen-bond acceptors (Lipinski definition) is 5. The maximum atomic E-state index is 15.0. The van der Waals surface area contributed by atoms with Crippen LogP contribution in [0.1, 0.15) is 52.7 Å². The Morgan fingerprint density at radius 3 is 2.62 bits per heavy atom. The minimum atomic E-state index is -1.39. The van der Waals surface area contributed by atoms with E-state index in [9.17, 15) is 18.4 Å². The van der Waals surface area contributed by atoms with Gasteiger partial charge >= 0.3 is 0 Å². The van der Waals surface area contributed by atoms with Gasteiger partial charge in [0.05, 0.1) is 34.4 Å². The largest absolute Gasteiger partial charge is 0.322 e. The monoisotopic (exact) mass is 526 g/mol. The SMILES string of the molecule is CCn1ncc(C(=O)N[C@H]2N=C(c3ccccc3)c3cccc(F)c3NC2=O)c1-c1cc(C2CC2)cnc1F. The van der Waals surface area contributed by atoms with Gasteiger partial charge in [-0.25, -0.2) is 14.4 Å². The van der Waals surface area contributed by atoms with Crippen molar-refractivity contribution in [2.75, 3.05) is 5.32 Å². The summed E-state index contributed by atoms with van der Waals surface area (Å²) in [6.07, 6.45) is 3.49. The summed E-state index contributed by atoms with van der Waals surface area (Å²) in [4.78, 5) is 35.3. The van der Waals surface area contributed by atoms with E-state index in [4.69, 9.17) is 0 Å². The van der Waals surface area contributed by atoms with Gasteiger partial charge in [-0.2, -0.15) is 9.49 Å². The standard InChI is InChI=1S/C29H24F2N6O2/c1-2-37-25(20-13-18(16-11-12-16)14-32-26(20)31)21(15-33-37)28(38)36-27-29(39)35-24-19(9-6-10-22(24)30)23(34-27)17-7-4-3-5-8-17/h3-10,13-16,27H,2,11-12H2,1H3,(H,35,39)(H,36,38)/t27-/m1/s1. The molecule has 0 bridgehead atoms. The molecule has 1 saturated carbocycles. The normalized spacial score (nSPS) is 16.6. The molecule has 0 radical (unpaired) electrons. The maximum absolute atomic E-state index is 15.0. The van der Waals surface area contributed by atoms with E-state index in [2.05, 4.69) is 25.7 Å². The lowest BCUT2D eigenvalue weighted by molar-refractivity contribution is -0.117. The third-order valence-electron chi connectivity index (χ3n) is 6.89. The summed E-state index contributed by atoms with van der Waals surface area (Å²) >= 11 is 0. The van der Waals surface area contributed by atoms with Gasteiger partial charge in [0.2, 0.25) is 12.1 Å². The van der Waals surface area contributed by atoms with Crippen LogP contribution < -0.4 is 10.6 Å². The summed E-state index contributed by atoms with van der Waals surface area (Å²) in [5.41, 5.74) is 2.75. The molecular formula is C29H24F2N6O2. The van der Waals surface area contributed by atoms with Crippen LogP contribution in [0.3, 0.4) is 0 Å². The van der Waals surface area contributed by atoms with E-state index in [1.807, 2.05) is 13.0 Å². The number of amides is 2. The number of aromatic nitrogens is 3. The number of rotatable bonds is 6. The molecule has 6 rings (SSSR count). The fraction of sp³-hybridized carbons (Fsp3) is 0.207. The minimum absolute atomic E-state index is 0.0219. The molecule has 39 heavy (non-hydrogen) atoms. The van der Waals surface area contributed by atoms with E-state index in [-0.39, 0.29) is 22.5 Å². The summed E-state index contributed by atoms with van der Waals surface area (Å²) in [5.74, 6) is -2.40. The average molecular weight is 527 g/mol. The third kappa shape index (κ3) is 4.58. The highest BCUT2D eigenvalue weighted by atomic mass is 19.1. The molecule has 2 aromatic heterocycles. The van der Waals surface area contributed by atoms with Crippen LogP contribution in [0.4, 0.5) is 14.5 Å². The predicted octanol–water partition coefficient (Wildman–Crippen LogP) is 4.67. The molecule has 1 aliphatic carbocycles. The van der Waals surface area contributed by atoms with E-state index in [0.29, 0.717) is 29.3 Å². The van der Waals surface area contributed by atoms with Gasteiger partial charge in [-0.1, -0.05) is 42.5 Å². The summed E-state index contributed by atoms with van der Waals surface area (Å²) < 4.78 is 31.3. The number of carbonyl (C=O) groups excluding carboxylic acids is 2. The van der Waals surface area contributed by atoms with Crippen LogP contribution >= 0.6 is 0 Å². The average Bonchev–Trinajstić information content (AvgIpc) is 3.73. The van der Waals surface area contributed by atoms with E-state index in [1.54, 1.807) is 36.4 Å². The van der Waals surface area contributed by atoms with Crippen LogP contribution in [0, 0.1) is 11.8 Å². The summed E-state index contributed by atoms with van der Waals surface area (Å²) in [6, 6.07) is 15.1. The highest BCUT2D eigenvalue weighted by Gasteiger charge is 2.31. The zero-order valence-electron chi connectivity index (χ0n) is 21.0. The topological polar surface area (TPSA) is 101 Å². The van der Waals surface area contributed by atoms with Gasteiger partial charge in [-0.15, -0.1) is 0 Å². The van der Waals surface area contributed by atoms with Gasteiger partial charge < -0.3 is 10.6 Å². The molecule has 10 heteroatoms. The number of hydrogen-bond donors (Lipinski definition) is 2. The maximum Gasteiger partial charge on any atom is 0.269 e. The Kier molecular flexibility index (Phi) is 6.22. The Bertz CT molecular complexity index is 1630. The number of halogens is 2. The lowest BCUT2D eigenvalue weighted by atomic mass is 10.0. The van der Waals surface area contributed by atoms with Gasteiger partial charge in [-0.3, -0.25) is 14.3 Å². The third-order valence-corrected chi connectivity index (χ3v) is 6.89. The van der Waals surface area contributed by atoms with Crippen LogP contribution in [-0.4, -0.2) is 38.5 Å². The van der Waals surface area contributed by atoms with Crippen LogP contribution in [0.15, 0.2) is 72.0 Å². The number of anilines is 1. The molecule has 4 aromatic rings. The fourth-order valence-corrected chi connectivity index (χ4v) is 4.77. The Labute approximate surface area is 222 Å². The minimum Gasteiger partial charge on any atom is -0.322 e. The molecule has 0 spiro atoms. The number of para-hydroxylation sites is 1. The number of nitrogens with one attached hydrogen (secondary N) is 2.